The van der Waals surface area contributed by atoms with E-state index in [2.05, 4.69) is 36.4 Å². The van der Waals surface area contributed by atoms with E-state index in [0.717, 1.165) is 55.8 Å². The highest BCUT2D eigenvalue weighted by atomic mass is 16.3. The summed E-state index contributed by atoms with van der Waals surface area (Å²) in [7, 11) is 0. The second kappa shape index (κ2) is 10.5. The Morgan fingerprint density at radius 1 is 0.533 bits per heavy atom. The van der Waals surface area contributed by atoms with Crippen LogP contribution in [0.1, 0.15) is 30.2 Å². The van der Waals surface area contributed by atoms with Gasteiger partial charge in [0.05, 0.1) is 12.3 Å². The smallest absolute Gasteiger partial charge is 0.136 e. The van der Waals surface area contributed by atoms with Gasteiger partial charge in [0.15, 0.2) is 0 Å². The fraction of sp³-hybridized carbons (Fsp3) is 0.0455. The molecule has 9 rings (SSSR count). The van der Waals surface area contributed by atoms with Crippen LogP contribution in [-0.2, 0) is 0 Å². The Balaban J connectivity index is 1.50. The van der Waals surface area contributed by atoms with E-state index in [9.17, 15) is 2.74 Å². The lowest BCUT2D eigenvalue weighted by atomic mass is 9.79. The maximum absolute atomic E-state index is 9.39. The Bertz CT molecular complexity index is 2890. The van der Waals surface area contributed by atoms with Crippen LogP contribution in [-0.4, -0.2) is 0 Å². The van der Waals surface area contributed by atoms with E-state index in [4.69, 9.17) is 14.0 Å². The molecule has 1 aliphatic carbocycles. The summed E-state index contributed by atoms with van der Waals surface area (Å²) >= 11 is 0. The standard InChI is InChI=1S/C44H30O/c1-3-15-29(16-4-1)31-19-7-8-20-33(31)41-34-21-9-11-23-36(34)42(37-24-12-10-22-35(37)41)44-32(30-17-5-2-6-18-30)27-28-40-43(44)38-25-13-14-26-39(38)45-40/h1-17,19-28,30H,18H2/i1D,3D,4D,7D,8D,15D,16D,19D,20D. The van der Waals surface area contributed by atoms with Crippen LogP contribution in [0.3, 0.4) is 0 Å². The van der Waals surface area contributed by atoms with Gasteiger partial charge in [-0.2, -0.15) is 0 Å². The highest BCUT2D eigenvalue weighted by Crippen LogP contribution is 2.50. The van der Waals surface area contributed by atoms with Crippen LogP contribution < -0.4 is 0 Å². The van der Waals surface area contributed by atoms with E-state index in [0.29, 0.717) is 16.3 Å². The molecule has 0 spiro atoms. The van der Waals surface area contributed by atoms with Crippen molar-refractivity contribution in [2.45, 2.75) is 12.3 Å². The van der Waals surface area contributed by atoms with Crippen LogP contribution in [0.5, 0.6) is 0 Å². The fourth-order valence-corrected chi connectivity index (χ4v) is 6.95. The predicted molar refractivity (Wildman–Crippen MR) is 191 cm³/mol. The van der Waals surface area contributed by atoms with Crippen LogP contribution in [0.25, 0.3) is 76.9 Å². The third-order valence-electron chi connectivity index (χ3n) is 8.82. The van der Waals surface area contributed by atoms with Gasteiger partial charge in [-0.15, -0.1) is 0 Å². The highest BCUT2D eigenvalue weighted by Gasteiger charge is 2.25. The van der Waals surface area contributed by atoms with Gasteiger partial charge in [0.2, 0.25) is 0 Å². The molecule has 212 valence electrons. The van der Waals surface area contributed by atoms with Gasteiger partial charge < -0.3 is 4.42 Å². The number of furan rings is 1. The Morgan fingerprint density at radius 2 is 1.16 bits per heavy atom. The largest absolute Gasteiger partial charge is 0.456 e. The zero-order valence-corrected chi connectivity index (χ0v) is 24.1. The van der Waals surface area contributed by atoms with Crippen LogP contribution in [0.15, 0.2) is 168 Å². The fourth-order valence-electron chi connectivity index (χ4n) is 6.95. The molecule has 0 aliphatic heterocycles. The summed E-state index contributed by atoms with van der Waals surface area (Å²) in [6.45, 7) is 0. The first-order chi connectivity index (χ1) is 26.1. The van der Waals surface area contributed by atoms with E-state index < -0.39 is 48.3 Å². The van der Waals surface area contributed by atoms with Crippen molar-refractivity contribution < 1.29 is 16.8 Å². The van der Waals surface area contributed by atoms with Gasteiger partial charge in [-0.1, -0.05) is 151 Å². The van der Waals surface area contributed by atoms with Crippen molar-refractivity contribution in [1.29, 1.82) is 0 Å². The van der Waals surface area contributed by atoms with Gasteiger partial charge >= 0.3 is 0 Å². The SMILES string of the molecule is [2H]c1c([2H])c([2H])c(-c2c([2H])c([2H])c([2H])c([2H])c2-c2c3ccccc3c(-c3c(C4C=CC=CC4)ccc4oc5ccccc5c34)c3ccccc23)c([2H])c1[2H]. The minimum Gasteiger partial charge on any atom is -0.456 e. The third-order valence-corrected chi connectivity index (χ3v) is 8.82. The number of allylic oxidation sites excluding steroid dienone is 4. The number of hydrogen-bond donors (Lipinski definition) is 0. The maximum Gasteiger partial charge on any atom is 0.136 e. The molecule has 1 heterocycles. The Morgan fingerprint density at radius 3 is 1.84 bits per heavy atom. The van der Waals surface area contributed by atoms with Crippen molar-refractivity contribution in [3.05, 3.63) is 169 Å². The molecule has 45 heavy (non-hydrogen) atoms. The van der Waals surface area contributed by atoms with Gasteiger partial charge in [-0.3, -0.25) is 0 Å². The summed E-state index contributed by atoms with van der Waals surface area (Å²) in [4.78, 5) is 0. The van der Waals surface area contributed by atoms with Crippen molar-refractivity contribution in [2.24, 2.45) is 0 Å². The van der Waals surface area contributed by atoms with Crippen LogP contribution in [0.2, 0.25) is 0 Å². The molecule has 0 bridgehead atoms. The van der Waals surface area contributed by atoms with E-state index in [1.54, 1.807) is 0 Å². The van der Waals surface area contributed by atoms with Crippen LogP contribution in [0, 0.1) is 0 Å². The summed E-state index contributed by atoms with van der Waals surface area (Å²) in [5.74, 6) is 0.0668. The molecule has 0 N–H and O–H groups in total. The zero-order chi connectivity index (χ0) is 37.6. The van der Waals surface area contributed by atoms with Gasteiger partial charge in [0.1, 0.15) is 11.2 Å². The molecule has 1 nitrogen and oxygen atoms in total. The Kier molecular flexibility index (Phi) is 4.25. The minimum atomic E-state index is -0.589. The van der Waals surface area contributed by atoms with E-state index in [-0.39, 0.29) is 28.7 Å². The number of benzene rings is 7. The zero-order valence-electron chi connectivity index (χ0n) is 33.1. The van der Waals surface area contributed by atoms with Crippen molar-refractivity contribution in [2.75, 3.05) is 0 Å². The molecule has 1 unspecified atom stereocenters. The lowest BCUT2D eigenvalue weighted by Crippen LogP contribution is -2.01. The summed E-state index contributed by atoms with van der Waals surface area (Å²) in [6, 6.07) is 22.9. The molecule has 0 amide bonds. The first-order valence-corrected chi connectivity index (χ1v) is 15.0. The summed E-state index contributed by atoms with van der Waals surface area (Å²) in [5.41, 5.74) is 4.66. The average Bonchev–Trinajstić information content (AvgIpc) is 3.59. The van der Waals surface area contributed by atoms with Crippen LogP contribution in [0.4, 0.5) is 0 Å². The van der Waals surface area contributed by atoms with Crippen molar-refractivity contribution in [3.8, 4) is 33.4 Å². The predicted octanol–water partition coefficient (Wildman–Crippen LogP) is 12.5. The summed E-state index contributed by atoms with van der Waals surface area (Å²) in [6.07, 6.45) is 9.29. The second-order valence-electron chi connectivity index (χ2n) is 11.2. The molecule has 0 saturated carbocycles. The van der Waals surface area contributed by atoms with Crippen LogP contribution >= 0.6 is 0 Å². The minimum absolute atomic E-state index is 0.0611. The molecule has 1 heteroatoms. The number of fused-ring (bicyclic) bond motifs is 5. The molecule has 0 saturated heterocycles. The topological polar surface area (TPSA) is 13.1 Å². The Labute approximate surface area is 275 Å². The van der Waals surface area contributed by atoms with E-state index in [1.807, 2.05) is 72.8 Å². The normalized spacial score (nSPS) is 17.4. The first-order valence-electron chi connectivity index (χ1n) is 19.5. The monoisotopic (exact) mass is 583 g/mol. The Hall–Kier alpha value is -5.66. The second-order valence-corrected chi connectivity index (χ2v) is 11.2. The van der Waals surface area contributed by atoms with Gasteiger partial charge in [-0.25, -0.2) is 0 Å². The van der Waals surface area contributed by atoms with E-state index >= 15 is 0 Å². The lowest BCUT2D eigenvalue weighted by Gasteiger charge is -2.24. The average molecular weight is 584 g/mol. The van der Waals surface area contributed by atoms with E-state index in [1.165, 1.54) is 0 Å². The maximum atomic E-state index is 9.39. The molecule has 8 aromatic rings. The third kappa shape index (κ3) is 4.08. The molecular formula is C44H30O. The number of hydrogen-bond acceptors (Lipinski definition) is 1. The summed E-state index contributed by atoms with van der Waals surface area (Å²) in [5, 5.41) is 4.94. The van der Waals surface area contributed by atoms with Gasteiger partial charge in [0, 0.05) is 16.7 Å². The van der Waals surface area contributed by atoms with Crippen molar-refractivity contribution in [3.63, 3.8) is 0 Å². The first kappa shape index (κ1) is 18.2. The van der Waals surface area contributed by atoms with Crippen molar-refractivity contribution >= 4 is 43.5 Å². The van der Waals surface area contributed by atoms with Gasteiger partial charge in [0.25, 0.3) is 0 Å². The molecule has 0 fully saturated rings. The highest BCUT2D eigenvalue weighted by molar-refractivity contribution is 6.26. The summed E-state index contributed by atoms with van der Waals surface area (Å²) < 4.78 is 85.5. The molecule has 1 aliphatic rings. The molecular weight excluding hydrogens is 544 g/mol. The molecule has 7 aromatic carbocycles. The lowest BCUT2D eigenvalue weighted by molar-refractivity contribution is 0.668. The molecule has 0 radical (unpaired) electrons. The van der Waals surface area contributed by atoms with Gasteiger partial charge in [-0.05, 0) is 79.0 Å². The quantitative estimate of drug-likeness (QED) is 0.188. The molecule has 1 aromatic heterocycles. The van der Waals surface area contributed by atoms with Crippen molar-refractivity contribution in [1.82, 2.24) is 0 Å². The number of rotatable bonds is 4. The number of para-hydroxylation sites is 1. The molecule has 1 atom stereocenters.